The van der Waals surface area contributed by atoms with E-state index in [-0.39, 0.29) is 36.3 Å². The third kappa shape index (κ3) is 5.05. The van der Waals surface area contributed by atoms with Crippen LogP contribution in [0.5, 0.6) is 5.75 Å². The van der Waals surface area contributed by atoms with Crippen LogP contribution in [0.2, 0.25) is 0 Å². The highest BCUT2D eigenvalue weighted by Gasteiger charge is 2.35. The van der Waals surface area contributed by atoms with E-state index in [2.05, 4.69) is 10.6 Å². The van der Waals surface area contributed by atoms with Crippen LogP contribution in [-0.2, 0) is 9.59 Å². The first-order valence-electron chi connectivity index (χ1n) is 10.7. The van der Waals surface area contributed by atoms with Gasteiger partial charge in [-0.05, 0) is 63.1 Å². The van der Waals surface area contributed by atoms with Crippen LogP contribution in [-0.4, -0.2) is 36.4 Å². The molecule has 1 aliphatic carbocycles. The van der Waals surface area contributed by atoms with Crippen molar-refractivity contribution in [3.05, 3.63) is 54.1 Å². The van der Waals surface area contributed by atoms with Crippen LogP contribution in [0.3, 0.4) is 0 Å². The smallest absolute Gasteiger partial charge is 0.253 e. The number of rotatable bonds is 7. The van der Waals surface area contributed by atoms with Gasteiger partial charge in [0.2, 0.25) is 11.8 Å². The molecule has 0 bridgehead atoms. The van der Waals surface area contributed by atoms with Gasteiger partial charge in [0.05, 0.1) is 23.3 Å². The Morgan fingerprint density at radius 2 is 1.77 bits per heavy atom. The average Bonchev–Trinajstić information content (AvgIpc) is 3.47. The number of carbonyl (C=O) groups is 3. The molecule has 7 heteroatoms. The van der Waals surface area contributed by atoms with E-state index in [0.29, 0.717) is 17.8 Å². The van der Waals surface area contributed by atoms with Gasteiger partial charge in [0.15, 0.2) is 0 Å². The van der Waals surface area contributed by atoms with E-state index in [1.54, 1.807) is 29.2 Å². The number of hydrogen-bond acceptors (Lipinski definition) is 4. The lowest BCUT2D eigenvalue weighted by Crippen LogP contribution is -2.30. The van der Waals surface area contributed by atoms with Crippen LogP contribution < -0.4 is 20.3 Å². The summed E-state index contributed by atoms with van der Waals surface area (Å²) < 4.78 is 5.64. The third-order valence-corrected chi connectivity index (χ3v) is 5.36. The molecule has 2 aromatic rings. The van der Waals surface area contributed by atoms with Gasteiger partial charge in [0.25, 0.3) is 5.91 Å². The second-order valence-electron chi connectivity index (χ2n) is 8.35. The number of anilines is 2. The van der Waals surface area contributed by atoms with Gasteiger partial charge in [-0.3, -0.25) is 14.4 Å². The average molecular weight is 421 g/mol. The van der Waals surface area contributed by atoms with E-state index in [1.165, 1.54) is 0 Å². The fraction of sp³-hybridized carbons (Fsp3) is 0.375. The number of para-hydroxylation sites is 1. The molecule has 0 spiro atoms. The number of benzene rings is 2. The van der Waals surface area contributed by atoms with Crippen LogP contribution in [0.25, 0.3) is 0 Å². The quantitative estimate of drug-likeness (QED) is 0.718. The Morgan fingerprint density at radius 3 is 2.45 bits per heavy atom. The van der Waals surface area contributed by atoms with Gasteiger partial charge < -0.3 is 20.3 Å². The summed E-state index contributed by atoms with van der Waals surface area (Å²) in [5.74, 6) is -0.301. The fourth-order valence-electron chi connectivity index (χ4n) is 3.63. The van der Waals surface area contributed by atoms with Crippen LogP contribution >= 0.6 is 0 Å². The zero-order chi connectivity index (χ0) is 22.0. The predicted octanol–water partition coefficient (Wildman–Crippen LogP) is 3.36. The van der Waals surface area contributed by atoms with Gasteiger partial charge in [0, 0.05) is 24.7 Å². The van der Waals surface area contributed by atoms with Crippen molar-refractivity contribution in [3.8, 4) is 5.75 Å². The molecule has 1 aliphatic heterocycles. The minimum absolute atomic E-state index is 0.0709. The lowest BCUT2D eigenvalue weighted by Gasteiger charge is -2.18. The number of nitrogens with one attached hydrogen (secondary N) is 2. The van der Waals surface area contributed by atoms with E-state index in [1.807, 2.05) is 38.1 Å². The summed E-state index contributed by atoms with van der Waals surface area (Å²) in [7, 11) is 0. The van der Waals surface area contributed by atoms with Gasteiger partial charge in [0.1, 0.15) is 5.75 Å². The Hall–Kier alpha value is -3.35. The second kappa shape index (κ2) is 8.79. The highest BCUT2D eigenvalue weighted by atomic mass is 16.5. The monoisotopic (exact) mass is 421 g/mol. The molecule has 1 saturated heterocycles. The Labute approximate surface area is 181 Å². The third-order valence-electron chi connectivity index (χ3n) is 5.36. The molecular formula is C24H27N3O4. The summed E-state index contributed by atoms with van der Waals surface area (Å²) in [6.45, 7) is 4.20. The number of carbonyl (C=O) groups excluding carboxylic acids is 3. The molecule has 31 heavy (non-hydrogen) atoms. The molecule has 162 valence electrons. The first kappa shape index (κ1) is 20.9. The maximum Gasteiger partial charge on any atom is 0.253 e. The summed E-state index contributed by atoms with van der Waals surface area (Å²) in [5.41, 5.74) is 1.64. The molecular weight excluding hydrogens is 394 g/mol. The lowest BCUT2D eigenvalue weighted by atomic mass is 10.1. The zero-order valence-corrected chi connectivity index (χ0v) is 17.8. The predicted molar refractivity (Wildman–Crippen MR) is 118 cm³/mol. The maximum atomic E-state index is 12.9. The Morgan fingerprint density at radius 1 is 1.06 bits per heavy atom. The largest absolute Gasteiger partial charge is 0.491 e. The first-order chi connectivity index (χ1) is 14.9. The highest BCUT2D eigenvalue weighted by Crippen LogP contribution is 2.28. The minimum Gasteiger partial charge on any atom is -0.491 e. The number of ether oxygens (including phenoxy) is 1. The molecule has 0 radical (unpaired) electrons. The standard InChI is InChI=1S/C24H27N3O4/c1-15(2)31-19-11-9-18(10-12-19)27-14-16(13-22(27)28)23(29)26-21-6-4-3-5-20(21)24(30)25-17-7-8-17/h3-6,9-12,15-17H,7-8,13-14H2,1-2H3,(H,25,30)(H,26,29)/t16-/m0/s1. The van der Waals surface area contributed by atoms with Crippen LogP contribution in [0, 0.1) is 5.92 Å². The molecule has 4 rings (SSSR count). The van der Waals surface area contributed by atoms with Crippen molar-refractivity contribution in [2.45, 2.75) is 45.3 Å². The highest BCUT2D eigenvalue weighted by molar-refractivity contribution is 6.07. The number of nitrogens with zero attached hydrogens (tertiary/aromatic N) is 1. The molecule has 2 aliphatic rings. The SMILES string of the molecule is CC(C)Oc1ccc(N2C[C@@H](C(=O)Nc3ccccc3C(=O)NC3CC3)CC2=O)cc1. The van der Waals surface area contributed by atoms with Crippen molar-refractivity contribution in [3.63, 3.8) is 0 Å². The lowest BCUT2D eigenvalue weighted by molar-refractivity contribution is -0.122. The molecule has 2 fully saturated rings. The van der Waals surface area contributed by atoms with E-state index in [4.69, 9.17) is 4.74 Å². The summed E-state index contributed by atoms with van der Waals surface area (Å²) in [4.78, 5) is 39.5. The number of amides is 3. The molecule has 2 aromatic carbocycles. The molecule has 2 N–H and O–H groups in total. The van der Waals surface area contributed by atoms with Gasteiger partial charge in [-0.2, -0.15) is 0 Å². The molecule has 1 atom stereocenters. The molecule has 0 unspecified atom stereocenters. The number of hydrogen-bond donors (Lipinski definition) is 2. The van der Waals surface area contributed by atoms with Crippen molar-refractivity contribution < 1.29 is 19.1 Å². The van der Waals surface area contributed by atoms with Gasteiger partial charge in [-0.15, -0.1) is 0 Å². The topological polar surface area (TPSA) is 87.7 Å². The molecule has 7 nitrogen and oxygen atoms in total. The maximum absolute atomic E-state index is 12.9. The van der Waals surface area contributed by atoms with Crippen LogP contribution in [0.15, 0.2) is 48.5 Å². The molecule has 1 heterocycles. The first-order valence-corrected chi connectivity index (χ1v) is 10.7. The zero-order valence-electron chi connectivity index (χ0n) is 17.8. The fourth-order valence-corrected chi connectivity index (χ4v) is 3.63. The minimum atomic E-state index is -0.487. The van der Waals surface area contributed by atoms with E-state index >= 15 is 0 Å². The summed E-state index contributed by atoms with van der Waals surface area (Å²) >= 11 is 0. The van der Waals surface area contributed by atoms with Crippen LogP contribution in [0.1, 0.15) is 43.5 Å². The second-order valence-corrected chi connectivity index (χ2v) is 8.35. The summed E-state index contributed by atoms with van der Waals surface area (Å²) in [6.07, 6.45) is 2.18. The van der Waals surface area contributed by atoms with Gasteiger partial charge >= 0.3 is 0 Å². The van der Waals surface area contributed by atoms with Crippen molar-refractivity contribution in [2.24, 2.45) is 5.92 Å². The van der Waals surface area contributed by atoms with Crippen LogP contribution in [0.4, 0.5) is 11.4 Å². The van der Waals surface area contributed by atoms with Gasteiger partial charge in [-0.25, -0.2) is 0 Å². The Bertz CT molecular complexity index is 983. The van der Waals surface area contributed by atoms with Crippen molar-refractivity contribution in [2.75, 3.05) is 16.8 Å². The van der Waals surface area contributed by atoms with E-state index in [9.17, 15) is 14.4 Å². The van der Waals surface area contributed by atoms with Crippen molar-refractivity contribution in [1.82, 2.24) is 5.32 Å². The van der Waals surface area contributed by atoms with Crippen molar-refractivity contribution in [1.29, 1.82) is 0 Å². The van der Waals surface area contributed by atoms with Crippen molar-refractivity contribution >= 4 is 29.1 Å². The normalized spacial score (nSPS) is 18.2. The molecule has 0 aromatic heterocycles. The summed E-state index contributed by atoms with van der Waals surface area (Å²) in [6, 6.07) is 14.5. The Kier molecular flexibility index (Phi) is 5.93. The Balaban J connectivity index is 1.41. The van der Waals surface area contributed by atoms with E-state index in [0.717, 1.165) is 24.3 Å². The van der Waals surface area contributed by atoms with E-state index < -0.39 is 5.92 Å². The summed E-state index contributed by atoms with van der Waals surface area (Å²) in [5, 5.41) is 5.79. The van der Waals surface area contributed by atoms with Gasteiger partial charge in [-0.1, -0.05) is 12.1 Å². The molecule has 1 saturated carbocycles. The molecule has 3 amide bonds.